The van der Waals surface area contributed by atoms with E-state index in [9.17, 15) is 0 Å². The van der Waals surface area contributed by atoms with E-state index in [1.165, 1.54) is 5.69 Å². The van der Waals surface area contributed by atoms with Gasteiger partial charge < -0.3 is 5.32 Å². The third-order valence-corrected chi connectivity index (χ3v) is 4.42. The summed E-state index contributed by atoms with van der Waals surface area (Å²) in [6.45, 7) is 6.13. The van der Waals surface area contributed by atoms with Crippen molar-refractivity contribution in [3.63, 3.8) is 0 Å². The van der Waals surface area contributed by atoms with Gasteiger partial charge in [-0.3, -0.25) is 5.10 Å². The number of hydrogen-bond donors (Lipinski definition) is 2. The Hall–Kier alpha value is -1.03. The monoisotopic (exact) mass is 325 g/mol. The van der Waals surface area contributed by atoms with Gasteiger partial charge in [0.05, 0.1) is 15.7 Å². The van der Waals surface area contributed by atoms with Crippen LogP contribution in [0, 0.1) is 0 Å². The van der Waals surface area contributed by atoms with Gasteiger partial charge in [0, 0.05) is 17.2 Å². The van der Waals surface area contributed by atoms with E-state index in [2.05, 4.69) is 21.6 Å². The number of H-pyrrole nitrogens is 1. The Balaban J connectivity index is 0.000000774. The van der Waals surface area contributed by atoms with E-state index in [0.29, 0.717) is 16.0 Å². The summed E-state index contributed by atoms with van der Waals surface area (Å²) >= 11 is 12.3. The topological polar surface area (TPSA) is 40.7 Å². The largest absolute Gasteiger partial charge is 0.317 e. The lowest BCUT2D eigenvalue weighted by atomic mass is 9.94. The zero-order chi connectivity index (χ0) is 15.2. The molecule has 1 fully saturated rings. The number of hydrogen-bond acceptors (Lipinski definition) is 2. The number of aromatic amines is 1. The molecule has 0 saturated carbocycles. The summed E-state index contributed by atoms with van der Waals surface area (Å²) in [5, 5.41) is 12.0. The van der Waals surface area contributed by atoms with E-state index in [1.807, 2.05) is 26.0 Å². The molecule has 0 unspecified atom stereocenters. The van der Waals surface area contributed by atoms with Crippen molar-refractivity contribution in [3.8, 4) is 11.3 Å². The predicted octanol–water partition coefficient (Wildman–Crippen LogP) is 4.88. The molecule has 0 bridgehead atoms. The SMILES string of the molecule is CC.Clc1cccc(-c2cc(C3CCNCC3)[nH]n2)c1Cl. The summed E-state index contributed by atoms with van der Waals surface area (Å²) in [6, 6.07) is 7.71. The van der Waals surface area contributed by atoms with Crippen molar-refractivity contribution in [1.82, 2.24) is 15.5 Å². The lowest BCUT2D eigenvalue weighted by molar-refractivity contribution is 0.453. The summed E-state index contributed by atoms with van der Waals surface area (Å²) in [5.74, 6) is 0.556. The maximum atomic E-state index is 6.23. The van der Waals surface area contributed by atoms with Crippen LogP contribution in [0.2, 0.25) is 10.0 Å². The molecule has 2 heterocycles. The molecule has 1 saturated heterocycles. The third kappa shape index (κ3) is 3.79. The van der Waals surface area contributed by atoms with E-state index in [1.54, 1.807) is 6.07 Å². The van der Waals surface area contributed by atoms with Crippen LogP contribution in [-0.4, -0.2) is 23.3 Å². The van der Waals surface area contributed by atoms with Crippen LogP contribution in [0.15, 0.2) is 24.3 Å². The van der Waals surface area contributed by atoms with Crippen molar-refractivity contribution < 1.29 is 0 Å². The molecule has 0 radical (unpaired) electrons. The second kappa shape index (κ2) is 7.83. The van der Waals surface area contributed by atoms with Gasteiger partial charge in [0.2, 0.25) is 0 Å². The standard InChI is InChI=1S/C14H15Cl2N3.C2H6/c15-11-3-1-2-10(14(11)16)13-8-12(18-19-13)9-4-6-17-7-5-9;1-2/h1-3,8-9,17H,4-7H2,(H,18,19);1-2H3. The molecule has 2 N–H and O–H groups in total. The molecule has 3 nitrogen and oxygen atoms in total. The van der Waals surface area contributed by atoms with Gasteiger partial charge in [-0.05, 0) is 38.1 Å². The van der Waals surface area contributed by atoms with E-state index in [0.717, 1.165) is 37.2 Å². The quantitative estimate of drug-likeness (QED) is 0.826. The van der Waals surface area contributed by atoms with Crippen molar-refractivity contribution in [2.45, 2.75) is 32.6 Å². The number of rotatable bonds is 2. The van der Waals surface area contributed by atoms with Crippen molar-refractivity contribution in [3.05, 3.63) is 40.0 Å². The molecule has 1 aliphatic rings. The first-order valence-corrected chi connectivity index (χ1v) is 8.21. The Labute approximate surface area is 136 Å². The fraction of sp³-hybridized carbons (Fsp3) is 0.438. The minimum Gasteiger partial charge on any atom is -0.317 e. The molecule has 1 aliphatic heterocycles. The molecule has 1 aromatic carbocycles. The molecule has 0 amide bonds. The Morgan fingerprint density at radius 1 is 1.14 bits per heavy atom. The van der Waals surface area contributed by atoms with Crippen LogP contribution in [-0.2, 0) is 0 Å². The molecular formula is C16H21Cl2N3. The summed E-state index contributed by atoms with van der Waals surface area (Å²) in [6.07, 6.45) is 2.29. The fourth-order valence-corrected chi connectivity index (χ4v) is 2.92. The Morgan fingerprint density at radius 3 is 2.57 bits per heavy atom. The highest BCUT2D eigenvalue weighted by molar-refractivity contribution is 6.43. The third-order valence-electron chi connectivity index (χ3n) is 3.60. The first kappa shape index (κ1) is 16.3. The molecule has 114 valence electrons. The second-order valence-corrected chi connectivity index (χ2v) is 5.62. The number of halogens is 2. The minimum absolute atomic E-state index is 0.556. The zero-order valence-electron chi connectivity index (χ0n) is 12.4. The van der Waals surface area contributed by atoms with Gasteiger partial charge in [0.15, 0.2) is 0 Å². The van der Waals surface area contributed by atoms with Crippen LogP contribution < -0.4 is 5.32 Å². The maximum Gasteiger partial charge on any atom is 0.0939 e. The van der Waals surface area contributed by atoms with Crippen LogP contribution in [0.1, 0.15) is 38.3 Å². The molecule has 21 heavy (non-hydrogen) atoms. The van der Waals surface area contributed by atoms with Crippen LogP contribution in [0.4, 0.5) is 0 Å². The highest BCUT2D eigenvalue weighted by Crippen LogP contribution is 2.34. The van der Waals surface area contributed by atoms with Crippen molar-refractivity contribution in [2.75, 3.05) is 13.1 Å². The summed E-state index contributed by atoms with van der Waals surface area (Å²) in [4.78, 5) is 0. The Kier molecular flexibility index (Phi) is 6.09. The van der Waals surface area contributed by atoms with Crippen LogP contribution in [0.25, 0.3) is 11.3 Å². The van der Waals surface area contributed by atoms with E-state index in [4.69, 9.17) is 23.2 Å². The average molecular weight is 326 g/mol. The van der Waals surface area contributed by atoms with Crippen molar-refractivity contribution in [2.24, 2.45) is 0 Å². The number of nitrogens with zero attached hydrogens (tertiary/aromatic N) is 1. The maximum absolute atomic E-state index is 6.23. The first-order valence-electron chi connectivity index (χ1n) is 7.46. The van der Waals surface area contributed by atoms with Crippen LogP contribution in [0.5, 0.6) is 0 Å². The summed E-state index contributed by atoms with van der Waals surface area (Å²) < 4.78 is 0. The van der Waals surface area contributed by atoms with Gasteiger partial charge in [-0.15, -0.1) is 0 Å². The Morgan fingerprint density at radius 2 is 1.86 bits per heavy atom. The molecular weight excluding hydrogens is 305 g/mol. The molecule has 0 spiro atoms. The van der Waals surface area contributed by atoms with Gasteiger partial charge >= 0.3 is 0 Å². The van der Waals surface area contributed by atoms with Crippen molar-refractivity contribution in [1.29, 1.82) is 0 Å². The lowest BCUT2D eigenvalue weighted by Crippen LogP contribution is -2.26. The number of aromatic nitrogens is 2. The number of piperidine rings is 1. The Bertz CT molecular complexity index is 575. The zero-order valence-corrected chi connectivity index (χ0v) is 13.9. The van der Waals surface area contributed by atoms with Crippen LogP contribution >= 0.6 is 23.2 Å². The van der Waals surface area contributed by atoms with Crippen LogP contribution in [0.3, 0.4) is 0 Å². The fourth-order valence-electron chi connectivity index (χ4n) is 2.52. The molecule has 5 heteroatoms. The van der Waals surface area contributed by atoms with E-state index < -0.39 is 0 Å². The summed E-state index contributed by atoms with van der Waals surface area (Å²) in [7, 11) is 0. The van der Waals surface area contributed by atoms with Gasteiger partial charge in [0.1, 0.15) is 0 Å². The molecule has 3 rings (SSSR count). The second-order valence-electron chi connectivity index (χ2n) is 4.83. The van der Waals surface area contributed by atoms with E-state index >= 15 is 0 Å². The number of nitrogens with one attached hydrogen (secondary N) is 2. The smallest absolute Gasteiger partial charge is 0.0939 e. The van der Waals surface area contributed by atoms with E-state index in [-0.39, 0.29) is 0 Å². The molecule has 0 aliphatic carbocycles. The van der Waals surface area contributed by atoms with Gasteiger partial charge in [-0.25, -0.2) is 0 Å². The van der Waals surface area contributed by atoms with Gasteiger partial charge in [-0.2, -0.15) is 5.10 Å². The molecule has 2 aromatic rings. The van der Waals surface area contributed by atoms with Crippen molar-refractivity contribution >= 4 is 23.2 Å². The molecule has 1 aromatic heterocycles. The average Bonchev–Trinajstić information content (AvgIpc) is 3.03. The normalized spacial score (nSPS) is 15.4. The number of benzene rings is 1. The highest BCUT2D eigenvalue weighted by Gasteiger charge is 2.18. The lowest BCUT2D eigenvalue weighted by Gasteiger charge is -2.20. The summed E-state index contributed by atoms with van der Waals surface area (Å²) in [5.41, 5.74) is 2.93. The van der Waals surface area contributed by atoms with Gasteiger partial charge in [-0.1, -0.05) is 49.2 Å². The molecule has 0 atom stereocenters. The highest BCUT2D eigenvalue weighted by atomic mass is 35.5. The van der Waals surface area contributed by atoms with Gasteiger partial charge in [0.25, 0.3) is 0 Å². The predicted molar refractivity (Wildman–Crippen MR) is 90.2 cm³/mol. The first-order chi connectivity index (χ1) is 10.3. The minimum atomic E-state index is 0.556.